The molecule has 0 amide bonds. The molecule has 0 radical (unpaired) electrons. The first-order valence-electron chi connectivity index (χ1n) is 4.75. The van der Waals surface area contributed by atoms with Crippen LogP contribution in [0.4, 0.5) is 0 Å². The SMILES string of the molecule is C#CC(O)C(C)=CC1=CCCCC1. The van der Waals surface area contributed by atoms with E-state index >= 15 is 0 Å². The van der Waals surface area contributed by atoms with E-state index in [4.69, 9.17) is 6.42 Å². The second-order valence-electron chi connectivity index (χ2n) is 3.48. The molecule has 0 aromatic heterocycles. The van der Waals surface area contributed by atoms with E-state index in [-0.39, 0.29) is 0 Å². The second kappa shape index (κ2) is 4.89. The monoisotopic (exact) mass is 176 g/mol. The molecule has 0 fully saturated rings. The Bertz CT molecular complexity index is 265. The predicted octanol–water partition coefficient (Wildman–Crippen LogP) is 2.43. The zero-order valence-corrected chi connectivity index (χ0v) is 8.09. The van der Waals surface area contributed by atoms with Crippen molar-refractivity contribution < 1.29 is 5.11 Å². The summed E-state index contributed by atoms with van der Waals surface area (Å²) in [4.78, 5) is 0. The number of terminal acetylenes is 1. The zero-order chi connectivity index (χ0) is 9.68. The van der Waals surface area contributed by atoms with Gasteiger partial charge in [0.2, 0.25) is 0 Å². The van der Waals surface area contributed by atoms with Gasteiger partial charge in [-0.05, 0) is 38.2 Å². The fourth-order valence-electron chi connectivity index (χ4n) is 1.50. The Balaban J connectivity index is 2.64. The van der Waals surface area contributed by atoms with Gasteiger partial charge in [-0.1, -0.05) is 23.6 Å². The molecule has 0 aromatic rings. The van der Waals surface area contributed by atoms with Crippen molar-refractivity contribution in [1.29, 1.82) is 0 Å². The van der Waals surface area contributed by atoms with Crippen LogP contribution in [-0.4, -0.2) is 11.2 Å². The minimum Gasteiger partial charge on any atom is -0.376 e. The second-order valence-corrected chi connectivity index (χ2v) is 3.48. The van der Waals surface area contributed by atoms with Crippen LogP contribution in [0.25, 0.3) is 0 Å². The Hall–Kier alpha value is -1.00. The Kier molecular flexibility index (Phi) is 3.79. The minimum atomic E-state index is -0.720. The lowest BCUT2D eigenvalue weighted by molar-refractivity contribution is 0.268. The van der Waals surface area contributed by atoms with Gasteiger partial charge in [0, 0.05) is 0 Å². The summed E-state index contributed by atoms with van der Waals surface area (Å²) in [6.07, 6.45) is 13.5. The molecule has 1 unspecified atom stereocenters. The Morgan fingerprint density at radius 3 is 3.00 bits per heavy atom. The van der Waals surface area contributed by atoms with Gasteiger partial charge in [-0.3, -0.25) is 0 Å². The third kappa shape index (κ3) is 3.08. The highest BCUT2D eigenvalue weighted by Gasteiger charge is 2.04. The summed E-state index contributed by atoms with van der Waals surface area (Å²) >= 11 is 0. The quantitative estimate of drug-likeness (QED) is 0.641. The molecule has 13 heavy (non-hydrogen) atoms. The molecule has 0 aliphatic heterocycles. The summed E-state index contributed by atoms with van der Waals surface area (Å²) in [5, 5.41) is 9.33. The van der Waals surface area contributed by atoms with E-state index in [0.717, 1.165) is 18.4 Å². The zero-order valence-electron chi connectivity index (χ0n) is 8.09. The molecule has 1 aliphatic rings. The highest BCUT2D eigenvalue weighted by Crippen LogP contribution is 2.20. The average Bonchev–Trinajstić information content (AvgIpc) is 2.18. The van der Waals surface area contributed by atoms with Crippen LogP contribution in [0.15, 0.2) is 23.3 Å². The standard InChI is InChI=1S/C12H16O/c1-3-12(13)10(2)9-11-7-5-4-6-8-11/h1,7,9,12-13H,4-6,8H2,2H3. The molecular formula is C12H16O. The number of aliphatic hydroxyl groups excluding tert-OH is 1. The molecule has 0 aromatic carbocycles. The van der Waals surface area contributed by atoms with Gasteiger partial charge >= 0.3 is 0 Å². The molecule has 0 heterocycles. The van der Waals surface area contributed by atoms with Crippen LogP contribution in [0.2, 0.25) is 0 Å². The molecule has 0 saturated carbocycles. The van der Waals surface area contributed by atoms with Crippen molar-refractivity contribution in [3.63, 3.8) is 0 Å². The largest absolute Gasteiger partial charge is 0.376 e. The van der Waals surface area contributed by atoms with Crippen molar-refractivity contribution in [2.45, 2.75) is 38.7 Å². The molecule has 70 valence electrons. The molecule has 1 atom stereocenters. The highest BCUT2D eigenvalue weighted by atomic mass is 16.3. The maximum atomic E-state index is 9.33. The molecule has 1 N–H and O–H groups in total. The summed E-state index contributed by atoms with van der Waals surface area (Å²) in [6.45, 7) is 1.87. The van der Waals surface area contributed by atoms with Crippen LogP contribution < -0.4 is 0 Å². The van der Waals surface area contributed by atoms with E-state index in [1.165, 1.54) is 18.4 Å². The lowest BCUT2D eigenvalue weighted by Crippen LogP contribution is -2.04. The van der Waals surface area contributed by atoms with Gasteiger partial charge in [0.1, 0.15) is 6.10 Å². The van der Waals surface area contributed by atoms with Crippen LogP contribution in [0.3, 0.4) is 0 Å². The molecule has 1 aliphatic carbocycles. The van der Waals surface area contributed by atoms with Crippen molar-refractivity contribution in [3.8, 4) is 12.3 Å². The number of allylic oxidation sites excluding steroid dienone is 3. The first-order valence-corrected chi connectivity index (χ1v) is 4.75. The van der Waals surface area contributed by atoms with Crippen molar-refractivity contribution in [2.75, 3.05) is 0 Å². The normalized spacial score (nSPS) is 20.4. The average molecular weight is 176 g/mol. The summed E-state index contributed by atoms with van der Waals surface area (Å²) < 4.78 is 0. The third-order valence-electron chi connectivity index (χ3n) is 2.33. The minimum absolute atomic E-state index is 0.720. The third-order valence-corrected chi connectivity index (χ3v) is 2.33. The van der Waals surface area contributed by atoms with E-state index in [9.17, 15) is 5.11 Å². The van der Waals surface area contributed by atoms with Crippen molar-refractivity contribution >= 4 is 0 Å². The number of rotatable bonds is 2. The fourth-order valence-corrected chi connectivity index (χ4v) is 1.50. The Morgan fingerprint density at radius 1 is 1.69 bits per heavy atom. The Labute approximate surface area is 80.2 Å². The maximum absolute atomic E-state index is 9.33. The molecule has 1 heteroatoms. The van der Waals surface area contributed by atoms with Gasteiger partial charge < -0.3 is 5.11 Å². The molecule has 1 rings (SSSR count). The van der Waals surface area contributed by atoms with Crippen molar-refractivity contribution in [1.82, 2.24) is 0 Å². The maximum Gasteiger partial charge on any atom is 0.136 e. The molecular weight excluding hydrogens is 160 g/mol. The first-order chi connectivity index (χ1) is 6.24. The van der Waals surface area contributed by atoms with Crippen molar-refractivity contribution in [2.24, 2.45) is 0 Å². The number of hydrogen-bond acceptors (Lipinski definition) is 1. The molecule has 0 spiro atoms. The summed E-state index contributed by atoms with van der Waals surface area (Å²) in [7, 11) is 0. The van der Waals surface area contributed by atoms with Crippen molar-refractivity contribution in [3.05, 3.63) is 23.3 Å². The van der Waals surface area contributed by atoms with Crippen LogP contribution in [0, 0.1) is 12.3 Å². The smallest absolute Gasteiger partial charge is 0.136 e. The van der Waals surface area contributed by atoms with E-state index in [0.29, 0.717) is 0 Å². The van der Waals surface area contributed by atoms with E-state index in [1.54, 1.807) is 0 Å². The lowest BCUT2D eigenvalue weighted by Gasteiger charge is -2.10. The van der Waals surface area contributed by atoms with Gasteiger partial charge in [-0.15, -0.1) is 6.42 Å². The summed E-state index contributed by atoms with van der Waals surface area (Å²) in [5.74, 6) is 2.31. The lowest BCUT2D eigenvalue weighted by atomic mass is 9.97. The Morgan fingerprint density at radius 2 is 2.46 bits per heavy atom. The molecule has 0 saturated heterocycles. The van der Waals surface area contributed by atoms with Gasteiger partial charge in [0.15, 0.2) is 0 Å². The molecule has 0 bridgehead atoms. The topological polar surface area (TPSA) is 20.2 Å². The first kappa shape index (κ1) is 10.1. The van der Waals surface area contributed by atoms with Crippen LogP contribution in [0.5, 0.6) is 0 Å². The molecule has 1 nitrogen and oxygen atoms in total. The summed E-state index contributed by atoms with van der Waals surface area (Å²) in [6, 6.07) is 0. The van der Waals surface area contributed by atoms with Crippen LogP contribution >= 0.6 is 0 Å². The highest BCUT2D eigenvalue weighted by molar-refractivity contribution is 5.28. The van der Waals surface area contributed by atoms with Crippen LogP contribution in [0.1, 0.15) is 32.6 Å². The summed E-state index contributed by atoms with van der Waals surface area (Å²) in [5.41, 5.74) is 2.19. The van der Waals surface area contributed by atoms with E-state index in [1.807, 2.05) is 13.0 Å². The number of hydrogen-bond donors (Lipinski definition) is 1. The van der Waals surface area contributed by atoms with Gasteiger partial charge in [-0.25, -0.2) is 0 Å². The fraction of sp³-hybridized carbons (Fsp3) is 0.500. The predicted molar refractivity (Wildman–Crippen MR) is 55.1 cm³/mol. The van der Waals surface area contributed by atoms with Crippen LogP contribution in [-0.2, 0) is 0 Å². The van der Waals surface area contributed by atoms with E-state index in [2.05, 4.69) is 12.0 Å². The van der Waals surface area contributed by atoms with E-state index < -0.39 is 6.10 Å². The van der Waals surface area contributed by atoms with Gasteiger partial charge in [-0.2, -0.15) is 0 Å². The number of aliphatic hydroxyl groups is 1. The van der Waals surface area contributed by atoms with Gasteiger partial charge in [0.25, 0.3) is 0 Å². The van der Waals surface area contributed by atoms with Gasteiger partial charge in [0.05, 0.1) is 0 Å².